The van der Waals surface area contributed by atoms with Gasteiger partial charge in [-0.3, -0.25) is 9.79 Å². The minimum Gasteiger partial charge on any atom is -0.366 e. The summed E-state index contributed by atoms with van der Waals surface area (Å²) in [6, 6.07) is 0.236. The van der Waals surface area contributed by atoms with Crippen LogP contribution in [0.15, 0.2) is 35.2 Å². The van der Waals surface area contributed by atoms with Crippen molar-refractivity contribution in [3.05, 3.63) is 35.5 Å². The fourth-order valence-corrected chi connectivity index (χ4v) is 4.60. The second-order valence-corrected chi connectivity index (χ2v) is 8.78. The predicted molar refractivity (Wildman–Crippen MR) is 121 cm³/mol. The van der Waals surface area contributed by atoms with Crippen LogP contribution in [0.3, 0.4) is 0 Å². The number of carbonyl (C=O) groups excluding carboxylic acids is 1. The minimum absolute atomic E-state index is 0.0190. The zero-order valence-electron chi connectivity index (χ0n) is 17.9. The van der Waals surface area contributed by atoms with E-state index in [1.807, 2.05) is 11.1 Å². The number of carbonyl (C=O) groups is 1. The van der Waals surface area contributed by atoms with Gasteiger partial charge in [0.2, 0.25) is 5.91 Å². The number of rotatable bonds is 7. The van der Waals surface area contributed by atoms with Gasteiger partial charge in [-0.15, -0.1) is 0 Å². The SMILES string of the molecule is C=CC(=O)N1CCC(Nc2cnc3[nH]cc(C=NCC4(N=O)CCC(C)C4)c3n2)CC1. The molecule has 0 spiro atoms. The van der Waals surface area contributed by atoms with E-state index < -0.39 is 5.54 Å². The molecule has 1 aliphatic heterocycles. The average Bonchev–Trinajstić information content (AvgIpc) is 3.37. The molecule has 31 heavy (non-hydrogen) atoms. The second-order valence-electron chi connectivity index (χ2n) is 8.78. The van der Waals surface area contributed by atoms with Crippen LogP contribution in [0.5, 0.6) is 0 Å². The fraction of sp³-hybridized carbons (Fsp3) is 0.545. The molecule has 2 fully saturated rings. The molecule has 0 aromatic carbocycles. The van der Waals surface area contributed by atoms with E-state index in [0.717, 1.165) is 43.2 Å². The van der Waals surface area contributed by atoms with Gasteiger partial charge in [0.25, 0.3) is 0 Å². The Labute approximate surface area is 181 Å². The van der Waals surface area contributed by atoms with E-state index in [9.17, 15) is 9.70 Å². The summed E-state index contributed by atoms with van der Waals surface area (Å²) < 4.78 is 0. The van der Waals surface area contributed by atoms with Crippen LogP contribution in [-0.4, -0.2) is 63.2 Å². The summed E-state index contributed by atoms with van der Waals surface area (Å²) in [5, 5.41) is 6.85. The highest BCUT2D eigenvalue weighted by atomic mass is 16.3. The van der Waals surface area contributed by atoms with Crippen LogP contribution in [0.4, 0.5) is 5.82 Å². The normalized spacial score (nSPS) is 24.7. The molecule has 3 heterocycles. The lowest BCUT2D eigenvalue weighted by molar-refractivity contribution is -0.126. The van der Waals surface area contributed by atoms with Crippen molar-refractivity contribution in [3.63, 3.8) is 0 Å². The van der Waals surface area contributed by atoms with E-state index in [1.54, 1.807) is 12.4 Å². The minimum atomic E-state index is -0.567. The summed E-state index contributed by atoms with van der Waals surface area (Å²) in [5.74, 6) is 1.20. The molecular weight excluding hydrogens is 394 g/mol. The summed E-state index contributed by atoms with van der Waals surface area (Å²) in [6.07, 6.45) is 11.0. The van der Waals surface area contributed by atoms with Crippen LogP contribution in [0.25, 0.3) is 11.2 Å². The summed E-state index contributed by atoms with van der Waals surface area (Å²) in [5.41, 5.74) is 1.70. The van der Waals surface area contributed by atoms with Crippen molar-refractivity contribution in [1.29, 1.82) is 0 Å². The number of hydrogen-bond acceptors (Lipinski definition) is 7. The van der Waals surface area contributed by atoms with Gasteiger partial charge in [0, 0.05) is 37.1 Å². The van der Waals surface area contributed by atoms with Gasteiger partial charge in [0.1, 0.15) is 16.9 Å². The van der Waals surface area contributed by atoms with Crippen molar-refractivity contribution >= 4 is 29.1 Å². The zero-order valence-corrected chi connectivity index (χ0v) is 17.9. The molecule has 2 atom stereocenters. The van der Waals surface area contributed by atoms with E-state index >= 15 is 0 Å². The highest BCUT2D eigenvalue weighted by Gasteiger charge is 2.38. The van der Waals surface area contributed by atoms with Gasteiger partial charge in [-0.2, -0.15) is 4.91 Å². The molecule has 164 valence electrons. The van der Waals surface area contributed by atoms with Crippen LogP contribution < -0.4 is 5.32 Å². The first-order valence-corrected chi connectivity index (χ1v) is 10.9. The standard InChI is InChI=1S/C22H29N7O2/c1-3-19(30)29-8-5-17(6-9-29)26-18-13-25-21-20(27-18)16(12-24-21)11-23-14-22(28-31)7-4-15(2)10-22/h3,11-13,15,17H,1,4-10,14H2,2H3,(H,24,25)(H,26,27). The van der Waals surface area contributed by atoms with Crippen molar-refractivity contribution in [1.82, 2.24) is 19.9 Å². The summed E-state index contributed by atoms with van der Waals surface area (Å²) in [7, 11) is 0. The van der Waals surface area contributed by atoms with Gasteiger partial charge in [-0.1, -0.05) is 18.7 Å². The summed E-state index contributed by atoms with van der Waals surface area (Å²) in [4.78, 5) is 41.8. The van der Waals surface area contributed by atoms with Crippen LogP contribution in [0.1, 0.15) is 44.6 Å². The fourth-order valence-electron chi connectivity index (χ4n) is 4.60. The molecule has 2 unspecified atom stereocenters. The number of aromatic nitrogens is 3. The quantitative estimate of drug-likeness (QED) is 0.403. The van der Waals surface area contributed by atoms with Crippen LogP contribution in [0, 0.1) is 10.8 Å². The number of fused-ring (bicyclic) bond motifs is 1. The van der Waals surface area contributed by atoms with Crippen molar-refractivity contribution in [2.24, 2.45) is 16.1 Å². The third-order valence-electron chi connectivity index (χ3n) is 6.38. The molecular formula is C22H29N7O2. The Hall–Kier alpha value is -3.10. The predicted octanol–water partition coefficient (Wildman–Crippen LogP) is 3.29. The van der Waals surface area contributed by atoms with E-state index in [0.29, 0.717) is 37.0 Å². The van der Waals surface area contributed by atoms with Crippen LogP contribution >= 0.6 is 0 Å². The maximum atomic E-state index is 11.7. The molecule has 4 rings (SSSR count). The number of piperidine rings is 1. The molecule has 1 aliphatic carbocycles. The number of aliphatic imine (C=N–C) groups is 1. The van der Waals surface area contributed by atoms with E-state index in [1.165, 1.54) is 6.08 Å². The smallest absolute Gasteiger partial charge is 0.245 e. The Morgan fingerprint density at radius 3 is 2.90 bits per heavy atom. The first-order valence-electron chi connectivity index (χ1n) is 10.9. The maximum absolute atomic E-state index is 11.7. The highest BCUT2D eigenvalue weighted by Crippen LogP contribution is 2.37. The van der Waals surface area contributed by atoms with Gasteiger partial charge in [0.05, 0.1) is 12.7 Å². The molecule has 2 aromatic heterocycles. The largest absolute Gasteiger partial charge is 0.366 e. The molecule has 9 nitrogen and oxygen atoms in total. The maximum Gasteiger partial charge on any atom is 0.245 e. The molecule has 0 radical (unpaired) electrons. The molecule has 2 aromatic rings. The van der Waals surface area contributed by atoms with Gasteiger partial charge in [-0.25, -0.2) is 9.97 Å². The number of nitroso groups, excluding NO2 is 1. The Bertz CT molecular complexity index is 993. The number of nitrogens with one attached hydrogen (secondary N) is 2. The monoisotopic (exact) mass is 423 g/mol. The van der Waals surface area contributed by atoms with Crippen molar-refractivity contribution in [2.75, 3.05) is 25.0 Å². The number of anilines is 1. The number of nitrogens with zero attached hydrogens (tertiary/aromatic N) is 5. The first-order chi connectivity index (χ1) is 15.0. The number of hydrogen-bond donors (Lipinski definition) is 2. The third kappa shape index (κ3) is 4.65. The first kappa shape index (κ1) is 21.1. The molecule has 2 aliphatic rings. The molecule has 1 amide bonds. The Morgan fingerprint density at radius 2 is 2.23 bits per heavy atom. The van der Waals surface area contributed by atoms with Gasteiger partial charge >= 0.3 is 0 Å². The van der Waals surface area contributed by atoms with Crippen molar-refractivity contribution < 1.29 is 4.79 Å². The van der Waals surface area contributed by atoms with Crippen molar-refractivity contribution in [3.8, 4) is 0 Å². The topological polar surface area (TPSA) is 116 Å². The molecule has 9 heteroatoms. The number of amides is 1. The lowest BCUT2D eigenvalue weighted by atomic mass is 9.98. The second kappa shape index (κ2) is 8.95. The average molecular weight is 424 g/mol. The number of H-pyrrole nitrogens is 1. The van der Waals surface area contributed by atoms with E-state index in [-0.39, 0.29) is 11.9 Å². The Kier molecular flexibility index (Phi) is 6.11. The van der Waals surface area contributed by atoms with Gasteiger partial charge < -0.3 is 15.2 Å². The van der Waals surface area contributed by atoms with Crippen LogP contribution in [-0.2, 0) is 4.79 Å². The number of aromatic amines is 1. The summed E-state index contributed by atoms with van der Waals surface area (Å²) >= 11 is 0. The van der Waals surface area contributed by atoms with E-state index in [4.69, 9.17) is 4.98 Å². The van der Waals surface area contributed by atoms with Crippen LogP contribution in [0.2, 0.25) is 0 Å². The molecule has 2 N–H and O–H groups in total. The lowest BCUT2D eigenvalue weighted by Crippen LogP contribution is -2.41. The zero-order chi connectivity index (χ0) is 21.8. The van der Waals surface area contributed by atoms with Gasteiger partial charge in [-0.05, 0) is 44.1 Å². The molecule has 0 bridgehead atoms. The third-order valence-corrected chi connectivity index (χ3v) is 6.38. The van der Waals surface area contributed by atoms with E-state index in [2.05, 4.69) is 39.0 Å². The molecule has 1 saturated heterocycles. The lowest BCUT2D eigenvalue weighted by Gasteiger charge is -2.31. The highest BCUT2D eigenvalue weighted by molar-refractivity contribution is 5.95. The molecule has 1 saturated carbocycles. The Morgan fingerprint density at radius 1 is 1.42 bits per heavy atom. The van der Waals surface area contributed by atoms with Gasteiger partial charge in [0.15, 0.2) is 5.65 Å². The Balaban J connectivity index is 1.41. The number of likely N-dealkylation sites (tertiary alicyclic amines) is 1. The summed E-state index contributed by atoms with van der Waals surface area (Å²) in [6.45, 7) is 7.51. The van der Waals surface area contributed by atoms with Crippen molar-refractivity contribution in [2.45, 2.75) is 50.6 Å².